The van der Waals surface area contributed by atoms with Crippen LogP contribution in [0.1, 0.15) is 0 Å². The lowest BCUT2D eigenvalue weighted by Gasteiger charge is -2.30. The third-order valence-electron chi connectivity index (χ3n) is 11.3. The second-order valence-electron chi connectivity index (χ2n) is 14.5. The predicted octanol–water partition coefficient (Wildman–Crippen LogP) is 15.0. The van der Waals surface area contributed by atoms with Crippen LogP contribution in [-0.4, -0.2) is 4.57 Å². The zero-order valence-electron chi connectivity index (χ0n) is 30.7. The summed E-state index contributed by atoms with van der Waals surface area (Å²) in [4.78, 5) is 2.48. The van der Waals surface area contributed by atoms with E-state index in [2.05, 4.69) is 228 Å². The van der Waals surface area contributed by atoms with E-state index in [9.17, 15) is 0 Å². The zero-order chi connectivity index (χ0) is 37.0. The summed E-state index contributed by atoms with van der Waals surface area (Å²) in [6, 6.07) is 79.5. The van der Waals surface area contributed by atoms with Crippen LogP contribution in [0.15, 0.2) is 218 Å². The molecule has 1 aromatic heterocycles. The van der Waals surface area contributed by atoms with Gasteiger partial charge < -0.3 is 9.47 Å². The van der Waals surface area contributed by atoms with Crippen LogP contribution in [0.2, 0.25) is 0 Å². The van der Waals surface area contributed by atoms with E-state index in [-0.39, 0.29) is 0 Å². The van der Waals surface area contributed by atoms with Crippen LogP contribution in [0.5, 0.6) is 0 Å². The van der Waals surface area contributed by atoms with Gasteiger partial charge in [-0.05, 0) is 92.2 Å². The Kier molecular flexibility index (Phi) is 7.53. The van der Waals surface area contributed by atoms with E-state index < -0.39 is 0 Å². The number of hydrogen-bond donors (Lipinski definition) is 0. The van der Waals surface area contributed by atoms with Gasteiger partial charge in [-0.25, -0.2) is 0 Å². The Balaban J connectivity index is 1.21. The molecule has 10 aromatic carbocycles. The van der Waals surface area contributed by atoms with Crippen molar-refractivity contribution in [2.45, 2.75) is 0 Å². The average molecular weight is 713 g/mol. The van der Waals surface area contributed by atoms with Gasteiger partial charge in [0.1, 0.15) is 0 Å². The molecule has 0 bridgehead atoms. The first kappa shape index (κ1) is 32.0. The number of para-hydroxylation sites is 2. The first-order valence-corrected chi connectivity index (χ1v) is 19.3. The molecule has 0 radical (unpaired) electrons. The molecule has 0 atom stereocenters. The van der Waals surface area contributed by atoms with E-state index in [1.165, 1.54) is 76.4 Å². The van der Waals surface area contributed by atoms with E-state index in [1.54, 1.807) is 0 Å². The van der Waals surface area contributed by atoms with Gasteiger partial charge in [-0.3, -0.25) is 0 Å². The fourth-order valence-electron chi connectivity index (χ4n) is 8.89. The average Bonchev–Trinajstić information content (AvgIpc) is 3.63. The first-order valence-electron chi connectivity index (χ1n) is 19.3. The number of aromatic nitrogens is 1. The molecular formula is C54H36N2. The minimum absolute atomic E-state index is 1.10. The summed E-state index contributed by atoms with van der Waals surface area (Å²) in [5.74, 6) is 0. The predicted molar refractivity (Wildman–Crippen MR) is 239 cm³/mol. The van der Waals surface area contributed by atoms with E-state index in [4.69, 9.17) is 0 Å². The largest absolute Gasteiger partial charge is 0.309 e. The van der Waals surface area contributed by atoms with Gasteiger partial charge in [-0.2, -0.15) is 0 Å². The maximum atomic E-state index is 2.48. The Morgan fingerprint density at radius 2 is 0.929 bits per heavy atom. The number of nitrogens with zero attached hydrogens (tertiary/aromatic N) is 2. The molecule has 0 aliphatic heterocycles. The number of benzene rings is 10. The van der Waals surface area contributed by atoms with Crippen molar-refractivity contribution in [3.05, 3.63) is 218 Å². The van der Waals surface area contributed by atoms with Gasteiger partial charge in [0.2, 0.25) is 0 Å². The molecule has 0 N–H and O–H groups in total. The van der Waals surface area contributed by atoms with Crippen LogP contribution in [-0.2, 0) is 0 Å². The quantitative estimate of drug-likeness (QED) is 0.156. The molecule has 2 heteroatoms. The first-order chi connectivity index (χ1) is 27.8. The molecule has 0 saturated carbocycles. The smallest absolute Gasteiger partial charge is 0.0547 e. The van der Waals surface area contributed by atoms with Crippen LogP contribution in [0.3, 0.4) is 0 Å². The highest BCUT2D eigenvalue weighted by molar-refractivity contribution is 6.25. The molecule has 0 amide bonds. The Morgan fingerprint density at radius 1 is 0.321 bits per heavy atom. The molecular weight excluding hydrogens is 677 g/mol. The fourth-order valence-corrected chi connectivity index (χ4v) is 8.89. The fraction of sp³-hybridized carbons (Fsp3) is 0. The molecule has 0 saturated heterocycles. The van der Waals surface area contributed by atoms with Gasteiger partial charge in [-0.1, -0.05) is 170 Å². The van der Waals surface area contributed by atoms with Gasteiger partial charge in [0, 0.05) is 33.1 Å². The molecule has 1 heterocycles. The minimum Gasteiger partial charge on any atom is -0.309 e. The molecule has 11 rings (SSSR count). The SMILES string of the molecule is c1ccc(-c2ccccc2N(c2cccc(-c3cccc4c3c3c5ccccc5ccc3n4-c3ccccc3)c2)c2cc3ccccc3c3ccccc23)cc1. The van der Waals surface area contributed by atoms with Crippen molar-refractivity contribution < 1.29 is 0 Å². The van der Waals surface area contributed by atoms with Crippen molar-refractivity contribution in [3.63, 3.8) is 0 Å². The Labute approximate surface area is 325 Å². The maximum absolute atomic E-state index is 2.48. The molecule has 56 heavy (non-hydrogen) atoms. The molecule has 0 spiro atoms. The minimum atomic E-state index is 1.10. The Hall–Kier alpha value is -7.42. The lowest BCUT2D eigenvalue weighted by molar-refractivity contribution is 1.18. The molecule has 0 fully saturated rings. The second kappa shape index (κ2) is 13.2. The van der Waals surface area contributed by atoms with Crippen LogP contribution < -0.4 is 4.90 Å². The molecule has 0 unspecified atom stereocenters. The van der Waals surface area contributed by atoms with E-state index in [0.29, 0.717) is 0 Å². The van der Waals surface area contributed by atoms with Crippen molar-refractivity contribution in [2.24, 2.45) is 0 Å². The van der Waals surface area contributed by atoms with Gasteiger partial charge in [0.15, 0.2) is 0 Å². The van der Waals surface area contributed by atoms with Crippen molar-refractivity contribution in [2.75, 3.05) is 4.90 Å². The topological polar surface area (TPSA) is 8.17 Å². The number of fused-ring (bicyclic) bond motifs is 8. The summed E-state index contributed by atoms with van der Waals surface area (Å²) in [6.07, 6.45) is 0. The summed E-state index contributed by atoms with van der Waals surface area (Å²) >= 11 is 0. The third kappa shape index (κ3) is 5.11. The number of rotatable bonds is 6. The van der Waals surface area contributed by atoms with E-state index >= 15 is 0 Å². The van der Waals surface area contributed by atoms with Crippen molar-refractivity contribution in [3.8, 4) is 27.9 Å². The zero-order valence-corrected chi connectivity index (χ0v) is 30.7. The Morgan fingerprint density at radius 3 is 1.77 bits per heavy atom. The van der Waals surface area contributed by atoms with Crippen LogP contribution >= 0.6 is 0 Å². The van der Waals surface area contributed by atoms with E-state index in [0.717, 1.165) is 22.7 Å². The normalized spacial score (nSPS) is 11.6. The van der Waals surface area contributed by atoms with Crippen LogP contribution in [0.4, 0.5) is 17.1 Å². The van der Waals surface area contributed by atoms with Crippen LogP contribution in [0.25, 0.3) is 82.1 Å². The molecule has 0 aliphatic carbocycles. The monoisotopic (exact) mass is 712 g/mol. The molecule has 262 valence electrons. The summed E-state index contributed by atoms with van der Waals surface area (Å²) < 4.78 is 2.42. The van der Waals surface area contributed by atoms with Crippen molar-refractivity contribution in [1.82, 2.24) is 4.57 Å². The highest BCUT2D eigenvalue weighted by Gasteiger charge is 2.22. The lowest BCUT2D eigenvalue weighted by atomic mass is 9.95. The van der Waals surface area contributed by atoms with Crippen molar-refractivity contribution >= 4 is 71.2 Å². The highest BCUT2D eigenvalue weighted by atomic mass is 15.1. The second-order valence-corrected chi connectivity index (χ2v) is 14.5. The van der Waals surface area contributed by atoms with Gasteiger partial charge in [0.05, 0.1) is 22.4 Å². The maximum Gasteiger partial charge on any atom is 0.0547 e. The lowest BCUT2D eigenvalue weighted by Crippen LogP contribution is -2.12. The standard InChI is InChI=1S/C54H36N2/c1-3-17-37(18-4-1)44-26-13-14-31-49(44)56(52-36-40-20-8-9-25-43(40)47-28-11-12-29-48(47)52)42-24-15-21-39(35-42)46-30-16-32-50-54(46)53-45-27-10-7-19-38(45)33-34-51(53)55(50)41-22-5-2-6-23-41/h1-36H. The van der Waals surface area contributed by atoms with Gasteiger partial charge in [-0.15, -0.1) is 0 Å². The van der Waals surface area contributed by atoms with Gasteiger partial charge in [0.25, 0.3) is 0 Å². The molecule has 11 aromatic rings. The van der Waals surface area contributed by atoms with Crippen LogP contribution in [0, 0.1) is 0 Å². The summed E-state index contributed by atoms with van der Waals surface area (Å²) in [5, 5.41) is 9.94. The number of anilines is 3. The van der Waals surface area contributed by atoms with Gasteiger partial charge >= 0.3 is 0 Å². The molecule has 2 nitrogen and oxygen atoms in total. The Bertz CT molecular complexity index is 3250. The highest BCUT2D eigenvalue weighted by Crippen LogP contribution is 2.47. The third-order valence-corrected chi connectivity index (χ3v) is 11.3. The number of hydrogen-bond acceptors (Lipinski definition) is 1. The summed E-state index contributed by atoms with van der Waals surface area (Å²) in [5.41, 5.74) is 11.6. The molecule has 0 aliphatic rings. The summed E-state index contributed by atoms with van der Waals surface area (Å²) in [7, 11) is 0. The van der Waals surface area contributed by atoms with Crippen molar-refractivity contribution in [1.29, 1.82) is 0 Å². The van der Waals surface area contributed by atoms with E-state index in [1.807, 2.05) is 0 Å². The summed E-state index contributed by atoms with van der Waals surface area (Å²) in [6.45, 7) is 0.